The molecule has 0 unspecified atom stereocenters. The van der Waals surface area contributed by atoms with Crippen molar-refractivity contribution in [2.24, 2.45) is 5.92 Å². The molecule has 2 heterocycles. The van der Waals surface area contributed by atoms with Crippen LogP contribution in [-0.4, -0.2) is 40.1 Å². The van der Waals surface area contributed by atoms with Gasteiger partial charge in [-0.2, -0.15) is 4.31 Å². The van der Waals surface area contributed by atoms with Crippen LogP contribution in [0.15, 0.2) is 75.1 Å². The molecule has 180 valence electrons. The van der Waals surface area contributed by atoms with E-state index in [4.69, 9.17) is 0 Å². The highest BCUT2D eigenvalue weighted by Crippen LogP contribution is 2.27. The lowest BCUT2D eigenvalue weighted by atomic mass is 9.97. The number of nitrogens with one attached hydrogen (secondary N) is 2. The molecule has 0 spiro atoms. The molecule has 1 aromatic heterocycles. The number of thiophene rings is 1. The Hall–Kier alpha value is -2.80. The molecular formula is C22H22FN3O5S3. The summed E-state index contributed by atoms with van der Waals surface area (Å²) in [6, 6.07) is 13.9. The van der Waals surface area contributed by atoms with E-state index in [1.165, 1.54) is 40.7 Å². The van der Waals surface area contributed by atoms with Crippen LogP contribution in [0.25, 0.3) is 0 Å². The number of rotatable bonds is 7. The van der Waals surface area contributed by atoms with Gasteiger partial charge >= 0.3 is 0 Å². The van der Waals surface area contributed by atoms with Crippen LogP contribution >= 0.6 is 11.3 Å². The minimum atomic E-state index is -3.88. The van der Waals surface area contributed by atoms with E-state index in [1.54, 1.807) is 17.5 Å². The summed E-state index contributed by atoms with van der Waals surface area (Å²) in [5.41, 5.74) is 0.658. The molecule has 0 radical (unpaired) electrons. The second-order valence-corrected chi connectivity index (χ2v) is 12.5. The van der Waals surface area contributed by atoms with Crippen LogP contribution in [-0.2, 0) is 24.8 Å². The van der Waals surface area contributed by atoms with Gasteiger partial charge in [0, 0.05) is 30.4 Å². The van der Waals surface area contributed by atoms with Gasteiger partial charge in [-0.1, -0.05) is 6.07 Å². The number of hydrogen-bond donors (Lipinski definition) is 2. The summed E-state index contributed by atoms with van der Waals surface area (Å²) in [5, 5.41) is 4.48. The Labute approximate surface area is 201 Å². The zero-order valence-corrected chi connectivity index (χ0v) is 20.3. The van der Waals surface area contributed by atoms with E-state index in [0.29, 0.717) is 22.7 Å². The van der Waals surface area contributed by atoms with E-state index >= 15 is 0 Å². The van der Waals surface area contributed by atoms with Crippen molar-refractivity contribution < 1.29 is 26.0 Å². The van der Waals surface area contributed by atoms with E-state index in [0.717, 1.165) is 23.5 Å². The SMILES string of the molecule is O=C(Nc1ccc(S(=O)(=O)Nc2ccc(F)cc2)cc1)C1CCN(S(=O)(=O)c2cccs2)CC1. The first-order valence-electron chi connectivity index (χ1n) is 10.4. The van der Waals surface area contributed by atoms with Crippen molar-refractivity contribution in [1.29, 1.82) is 0 Å². The second-order valence-electron chi connectivity index (χ2n) is 7.74. The Balaban J connectivity index is 1.34. The molecule has 1 aliphatic rings. The maximum Gasteiger partial charge on any atom is 0.261 e. The van der Waals surface area contributed by atoms with E-state index in [2.05, 4.69) is 10.0 Å². The average Bonchev–Trinajstić information content (AvgIpc) is 3.37. The molecule has 2 N–H and O–H groups in total. The van der Waals surface area contributed by atoms with Crippen LogP contribution in [0.4, 0.5) is 15.8 Å². The number of benzene rings is 2. The number of piperidine rings is 1. The molecule has 8 nitrogen and oxygen atoms in total. The van der Waals surface area contributed by atoms with E-state index in [9.17, 15) is 26.0 Å². The predicted octanol–water partition coefficient (Wildman–Crippen LogP) is 3.73. The lowest BCUT2D eigenvalue weighted by molar-refractivity contribution is -0.120. The lowest BCUT2D eigenvalue weighted by Crippen LogP contribution is -2.41. The number of sulfonamides is 2. The average molecular weight is 524 g/mol. The highest BCUT2D eigenvalue weighted by molar-refractivity contribution is 7.92. The molecule has 2 aromatic carbocycles. The van der Waals surface area contributed by atoms with Gasteiger partial charge in [0.05, 0.1) is 4.90 Å². The Bertz CT molecular complexity index is 1350. The van der Waals surface area contributed by atoms with Crippen molar-refractivity contribution in [2.45, 2.75) is 21.9 Å². The number of nitrogens with zero attached hydrogens (tertiary/aromatic N) is 1. The first-order valence-corrected chi connectivity index (χ1v) is 14.2. The van der Waals surface area contributed by atoms with Crippen molar-refractivity contribution >= 4 is 48.7 Å². The number of anilines is 2. The Morgan fingerprint density at radius 2 is 1.53 bits per heavy atom. The number of halogens is 1. The third-order valence-electron chi connectivity index (χ3n) is 5.44. The van der Waals surface area contributed by atoms with Gasteiger partial charge in [-0.25, -0.2) is 21.2 Å². The zero-order valence-electron chi connectivity index (χ0n) is 17.8. The van der Waals surface area contributed by atoms with Gasteiger partial charge in [0.2, 0.25) is 5.91 Å². The van der Waals surface area contributed by atoms with Crippen molar-refractivity contribution in [3.63, 3.8) is 0 Å². The van der Waals surface area contributed by atoms with Crippen molar-refractivity contribution in [1.82, 2.24) is 4.31 Å². The van der Waals surface area contributed by atoms with E-state index in [-0.39, 0.29) is 35.5 Å². The molecule has 0 saturated carbocycles. The van der Waals surface area contributed by atoms with Crippen LogP contribution in [0.3, 0.4) is 0 Å². The molecular weight excluding hydrogens is 501 g/mol. The highest BCUT2D eigenvalue weighted by atomic mass is 32.2. The fraction of sp³-hybridized carbons (Fsp3) is 0.227. The summed E-state index contributed by atoms with van der Waals surface area (Å²) in [4.78, 5) is 12.7. The van der Waals surface area contributed by atoms with Gasteiger partial charge in [-0.15, -0.1) is 11.3 Å². The van der Waals surface area contributed by atoms with Gasteiger partial charge in [-0.3, -0.25) is 9.52 Å². The fourth-order valence-corrected chi connectivity index (χ4v) is 7.26. The first-order chi connectivity index (χ1) is 16.1. The van der Waals surface area contributed by atoms with E-state index < -0.39 is 25.9 Å². The maximum atomic E-state index is 13.0. The maximum absolute atomic E-state index is 13.0. The molecule has 1 aliphatic heterocycles. The summed E-state index contributed by atoms with van der Waals surface area (Å²) in [7, 11) is -7.41. The van der Waals surface area contributed by atoms with Crippen molar-refractivity contribution in [3.8, 4) is 0 Å². The van der Waals surface area contributed by atoms with Crippen LogP contribution in [0.2, 0.25) is 0 Å². The largest absolute Gasteiger partial charge is 0.326 e. The molecule has 4 rings (SSSR count). The van der Waals surface area contributed by atoms with Crippen LogP contribution in [0, 0.1) is 11.7 Å². The first kappa shape index (κ1) is 24.3. The monoisotopic (exact) mass is 523 g/mol. The zero-order chi connectivity index (χ0) is 24.3. The van der Waals surface area contributed by atoms with Crippen molar-refractivity contribution in [3.05, 3.63) is 71.9 Å². The normalized spacial score (nSPS) is 15.7. The second kappa shape index (κ2) is 9.82. The van der Waals surface area contributed by atoms with Crippen molar-refractivity contribution in [2.75, 3.05) is 23.1 Å². The third kappa shape index (κ3) is 5.46. The van der Waals surface area contributed by atoms with Crippen LogP contribution in [0.1, 0.15) is 12.8 Å². The summed E-state index contributed by atoms with van der Waals surface area (Å²) in [6.07, 6.45) is 0.787. The number of amides is 1. The lowest BCUT2D eigenvalue weighted by Gasteiger charge is -2.30. The molecule has 0 atom stereocenters. The number of hydrogen-bond acceptors (Lipinski definition) is 6. The number of carbonyl (C=O) groups excluding carboxylic acids is 1. The Morgan fingerprint density at radius 3 is 2.12 bits per heavy atom. The van der Waals surface area contributed by atoms with Gasteiger partial charge in [0.25, 0.3) is 20.0 Å². The van der Waals surface area contributed by atoms with Gasteiger partial charge in [-0.05, 0) is 72.8 Å². The molecule has 0 aliphatic carbocycles. The Morgan fingerprint density at radius 1 is 0.912 bits per heavy atom. The quantitative estimate of drug-likeness (QED) is 0.490. The van der Waals surface area contributed by atoms with Gasteiger partial charge in [0.15, 0.2) is 0 Å². The predicted molar refractivity (Wildman–Crippen MR) is 128 cm³/mol. The molecule has 3 aromatic rings. The summed E-state index contributed by atoms with van der Waals surface area (Å²) in [5.74, 6) is -1.07. The molecule has 0 bridgehead atoms. The number of carbonyl (C=O) groups is 1. The summed E-state index contributed by atoms with van der Waals surface area (Å²) >= 11 is 1.16. The van der Waals surface area contributed by atoms with Crippen LogP contribution < -0.4 is 10.0 Å². The fourth-order valence-electron chi connectivity index (χ4n) is 3.59. The molecule has 12 heteroatoms. The van der Waals surface area contributed by atoms with Crippen LogP contribution in [0.5, 0.6) is 0 Å². The molecule has 1 fully saturated rings. The van der Waals surface area contributed by atoms with Gasteiger partial charge in [0.1, 0.15) is 10.0 Å². The topological polar surface area (TPSA) is 113 Å². The third-order valence-corrected chi connectivity index (χ3v) is 10.1. The molecule has 1 amide bonds. The standard InChI is InChI=1S/C22H22FN3O5S3/c23-17-3-5-19(6-4-17)25-33(28,29)20-9-7-18(8-10-20)24-22(27)16-11-13-26(14-12-16)34(30,31)21-2-1-15-32-21/h1-10,15-16,25H,11-14H2,(H,24,27). The Kier molecular flexibility index (Phi) is 7.03. The minimum absolute atomic E-state index is 0.0121. The molecule has 34 heavy (non-hydrogen) atoms. The molecule has 1 saturated heterocycles. The summed E-state index contributed by atoms with van der Waals surface area (Å²) in [6.45, 7) is 0.509. The van der Waals surface area contributed by atoms with E-state index in [1.807, 2.05) is 0 Å². The minimum Gasteiger partial charge on any atom is -0.326 e. The highest BCUT2D eigenvalue weighted by Gasteiger charge is 2.32. The smallest absolute Gasteiger partial charge is 0.261 e. The van der Waals surface area contributed by atoms with Gasteiger partial charge < -0.3 is 5.32 Å². The summed E-state index contributed by atoms with van der Waals surface area (Å²) < 4.78 is 67.4.